The van der Waals surface area contributed by atoms with Crippen LogP contribution in [0.15, 0.2) is 66.9 Å². The van der Waals surface area contributed by atoms with Gasteiger partial charge in [0, 0.05) is 30.4 Å². The molecule has 0 saturated heterocycles. The van der Waals surface area contributed by atoms with Crippen molar-refractivity contribution in [2.24, 2.45) is 0 Å². The number of Topliss-reactive ketones (excluding diaryl/α,β-unsaturated/α-hetero) is 1. The van der Waals surface area contributed by atoms with Gasteiger partial charge in [-0.1, -0.05) is 23.8 Å². The number of nitrogens with zero attached hydrogens (tertiary/aromatic N) is 2. The second-order valence-corrected chi connectivity index (χ2v) is 7.90. The minimum atomic E-state index is -0.354. The van der Waals surface area contributed by atoms with Gasteiger partial charge in [0.1, 0.15) is 18.0 Å². The monoisotopic (exact) mass is 459 g/mol. The molecular weight excluding hydrogens is 434 g/mol. The quantitative estimate of drug-likeness (QED) is 0.494. The highest BCUT2D eigenvalue weighted by Gasteiger charge is 2.28. The van der Waals surface area contributed by atoms with E-state index in [2.05, 4.69) is 10.3 Å². The molecule has 0 bridgehead atoms. The highest BCUT2D eigenvalue weighted by atomic mass is 16.5. The first kappa shape index (κ1) is 23.0. The third-order valence-corrected chi connectivity index (χ3v) is 5.35. The second-order valence-electron chi connectivity index (χ2n) is 7.90. The Hall–Kier alpha value is -4.20. The van der Waals surface area contributed by atoms with Crippen molar-refractivity contribution < 1.29 is 23.9 Å². The molecule has 2 amide bonds. The lowest BCUT2D eigenvalue weighted by molar-refractivity contribution is -0.125. The largest absolute Gasteiger partial charge is 0.485 e. The first-order chi connectivity index (χ1) is 16.5. The van der Waals surface area contributed by atoms with Crippen LogP contribution in [0.3, 0.4) is 0 Å². The minimum Gasteiger partial charge on any atom is -0.485 e. The van der Waals surface area contributed by atoms with E-state index >= 15 is 0 Å². The molecule has 174 valence electrons. The SMILES string of the molecule is Cc1ccc(OCC(=O)c2ccc3c(c2)N(CC(=O)NCCc2ccccn2)C(=O)CO3)cc1. The zero-order valence-corrected chi connectivity index (χ0v) is 18.8. The van der Waals surface area contributed by atoms with Crippen LogP contribution < -0.4 is 19.7 Å². The molecule has 0 radical (unpaired) electrons. The van der Waals surface area contributed by atoms with Gasteiger partial charge in [0.25, 0.3) is 5.91 Å². The fourth-order valence-corrected chi connectivity index (χ4v) is 3.49. The summed E-state index contributed by atoms with van der Waals surface area (Å²) >= 11 is 0. The van der Waals surface area contributed by atoms with Crippen molar-refractivity contribution in [3.63, 3.8) is 0 Å². The maximum absolute atomic E-state index is 12.7. The van der Waals surface area contributed by atoms with Gasteiger partial charge in [-0.15, -0.1) is 0 Å². The molecule has 8 nitrogen and oxygen atoms in total. The predicted octanol–water partition coefficient (Wildman–Crippen LogP) is 2.74. The van der Waals surface area contributed by atoms with Gasteiger partial charge in [-0.05, 0) is 49.4 Å². The topological polar surface area (TPSA) is 97.8 Å². The van der Waals surface area contributed by atoms with Crippen molar-refractivity contribution in [1.82, 2.24) is 10.3 Å². The van der Waals surface area contributed by atoms with Crippen LogP contribution in [0, 0.1) is 6.92 Å². The number of fused-ring (bicyclic) bond motifs is 1. The number of aryl methyl sites for hydroxylation is 1. The lowest BCUT2D eigenvalue weighted by atomic mass is 10.1. The van der Waals surface area contributed by atoms with Crippen LogP contribution in [0.2, 0.25) is 0 Å². The number of benzene rings is 2. The van der Waals surface area contributed by atoms with Crippen molar-refractivity contribution in [1.29, 1.82) is 0 Å². The van der Waals surface area contributed by atoms with E-state index in [-0.39, 0.29) is 37.4 Å². The van der Waals surface area contributed by atoms with E-state index in [0.717, 1.165) is 11.3 Å². The summed E-state index contributed by atoms with van der Waals surface area (Å²) in [6, 6.07) is 17.8. The third kappa shape index (κ3) is 5.78. The van der Waals surface area contributed by atoms with Crippen molar-refractivity contribution in [3.8, 4) is 11.5 Å². The molecule has 1 N–H and O–H groups in total. The van der Waals surface area contributed by atoms with E-state index < -0.39 is 0 Å². The van der Waals surface area contributed by atoms with E-state index in [4.69, 9.17) is 9.47 Å². The summed E-state index contributed by atoms with van der Waals surface area (Å²) in [5, 5.41) is 2.81. The molecule has 8 heteroatoms. The molecule has 2 heterocycles. The van der Waals surface area contributed by atoms with Gasteiger partial charge >= 0.3 is 0 Å². The molecule has 0 saturated carbocycles. The van der Waals surface area contributed by atoms with E-state index in [1.807, 2.05) is 37.3 Å². The van der Waals surface area contributed by atoms with Crippen molar-refractivity contribution in [2.75, 3.05) is 31.2 Å². The third-order valence-electron chi connectivity index (χ3n) is 5.35. The second kappa shape index (κ2) is 10.6. The summed E-state index contributed by atoms with van der Waals surface area (Å²) in [6.45, 7) is 1.88. The number of carbonyl (C=O) groups excluding carboxylic acids is 3. The maximum atomic E-state index is 12.7. The summed E-state index contributed by atoms with van der Waals surface area (Å²) in [7, 11) is 0. The van der Waals surface area contributed by atoms with Crippen LogP contribution in [0.4, 0.5) is 5.69 Å². The van der Waals surface area contributed by atoms with Crippen LogP contribution >= 0.6 is 0 Å². The number of anilines is 1. The molecule has 0 fully saturated rings. The van der Waals surface area contributed by atoms with Crippen LogP contribution in [-0.4, -0.2) is 48.9 Å². The maximum Gasteiger partial charge on any atom is 0.265 e. The van der Waals surface area contributed by atoms with E-state index in [1.165, 1.54) is 4.90 Å². The van der Waals surface area contributed by atoms with Gasteiger partial charge in [0.05, 0.1) is 5.69 Å². The Morgan fingerprint density at radius 2 is 1.94 bits per heavy atom. The van der Waals surface area contributed by atoms with Gasteiger partial charge < -0.3 is 14.8 Å². The summed E-state index contributed by atoms with van der Waals surface area (Å²) in [4.78, 5) is 43.3. The number of rotatable bonds is 9. The molecule has 1 aliphatic rings. The molecule has 34 heavy (non-hydrogen) atoms. The van der Waals surface area contributed by atoms with Crippen molar-refractivity contribution >= 4 is 23.3 Å². The fourth-order valence-electron chi connectivity index (χ4n) is 3.49. The molecule has 2 aromatic carbocycles. The van der Waals surface area contributed by atoms with E-state index in [0.29, 0.717) is 35.7 Å². The fraction of sp³-hybridized carbons (Fsp3) is 0.231. The highest BCUT2D eigenvalue weighted by Crippen LogP contribution is 2.33. The summed E-state index contributed by atoms with van der Waals surface area (Å²) < 4.78 is 11.1. The smallest absolute Gasteiger partial charge is 0.265 e. The molecule has 3 aromatic rings. The summed E-state index contributed by atoms with van der Waals surface area (Å²) in [5.74, 6) is 0.127. The van der Waals surface area contributed by atoms with Gasteiger partial charge in [-0.3, -0.25) is 24.3 Å². The van der Waals surface area contributed by atoms with Crippen LogP contribution in [-0.2, 0) is 16.0 Å². The number of nitrogens with one attached hydrogen (secondary N) is 1. The number of hydrogen-bond acceptors (Lipinski definition) is 6. The Kier molecular flexibility index (Phi) is 7.17. The van der Waals surface area contributed by atoms with Gasteiger partial charge in [-0.2, -0.15) is 0 Å². The van der Waals surface area contributed by atoms with Gasteiger partial charge in [0.2, 0.25) is 5.91 Å². The Morgan fingerprint density at radius 3 is 2.71 bits per heavy atom. The zero-order valence-electron chi connectivity index (χ0n) is 18.8. The number of hydrogen-bond donors (Lipinski definition) is 1. The lowest BCUT2D eigenvalue weighted by Gasteiger charge is -2.29. The molecule has 0 aliphatic carbocycles. The Labute approximate surface area is 197 Å². The summed E-state index contributed by atoms with van der Waals surface area (Å²) in [5.41, 5.74) is 2.72. The average molecular weight is 460 g/mol. The number of carbonyl (C=O) groups is 3. The molecule has 1 aliphatic heterocycles. The number of aromatic nitrogens is 1. The van der Waals surface area contributed by atoms with Crippen LogP contribution in [0.5, 0.6) is 11.5 Å². The predicted molar refractivity (Wildman–Crippen MR) is 126 cm³/mol. The van der Waals surface area contributed by atoms with Gasteiger partial charge in [0.15, 0.2) is 19.0 Å². The Morgan fingerprint density at radius 1 is 1.12 bits per heavy atom. The summed E-state index contributed by atoms with van der Waals surface area (Å²) in [6.07, 6.45) is 2.28. The zero-order chi connectivity index (χ0) is 23.9. The van der Waals surface area contributed by atoms with Crippen LogP contribution in [0.1, 0.15) is 21.6 Å². The molecular formula is C26H25N3O5. The van der Waals surface area contributed by atoms with Crippen molar-refractivity contribution in [2.45, 2.75) is 13.3 Å². The minimum absolute atomic E-state index is 0.148. The van der Waals surface area contributed by atoms with Crippen molar-refractivity contribution in [3.05, 3.63) is 83.7 Å². The number of ketones is 1. The molecule has 0 atom stereocenters. The Balaban J connectivity index is 1.39. The molecule has 4 rings (SSSR count). The molecule has 0 spiro atoms. The molecule has 0 unspecified atom stereocenters. The number of pyridine rings is 1. The van der Waals surface area contributed by atoms with E-state index in [1.54, 1.807) is 36.5 Å². The first-order valence-electron chi connectivity index (χ1n) is 11.0. The number of ether oxygens (including phenoxy) is 2. The Bertz CT molecular complexity index is 1180. The average Bonchev–Trinajstić information content (AvgIpc) is 2.85. The molecule has 1 aromatic heterocycles. The lowest BCUT2D eigenvalue weighted by Crippen LogP contribution is -2.45. The normalized spacial score (nSPS) is 12.5. The van der Waals surface area contributed by atoms with Crippen LogP contribution in [0.25, 0.3) is 0 Å². The van der Waals surface area contributed by atoms with E-state index in [9.17, 15) is 14.4 Å². The standard InChI is InChI=1S/C26H25N3O5/c1-18-5-8-21(9-6-18)33-16-23(30)19-7-10-24-22(14-19)29(26(32)17-34-24)15-25(31)28-13-11-20-4-2-3-12-27-20/h2-10,12,14H,11,13,15-17H2,1H3,(H,28,31). The highest BCUT2D eigenvalue weighted by molar-refractivity contribution is 6.04. The first-order valence-corrected chi connectivity index (χ1v) is 11.0. The number of amides is 2. The van der Waals surface area contributed by atoms with Gasteiger partial charge in [-0.25, -0.2) is 0 Å².